The van der Waals surface area contributed by atoms with Crippen LogP contribution in [0.15, 0.2) is 121 Å². The number of carbonyl (C=O) groups is 3. The predicted molar refractivity (Wildman–Crippen MR) is 281 cm³/mol. The van der Waals surface area contributed by atoms with Crippen LogP contribution in [0.4, 0.5) is 17.6 Å². The molecule has 2 unspecified atom stereocenters. The summed E-state index contributed by atoms with van der Waals surface area (Å²) in [6, 6.07) is 28.2. The first-order valence-electron chi connectivity index (χ1n) is 25.3. The van der Waals surface area contributed by atoms with Crippen molar-refractivity contribution in [1.29, 1.82) is 0 Å². The molecule has 78 heavy (non-hydrogen) atoms. The highest BCUT2D eigenvalue weighted by atomic mass is 19.1. The average Bonchev–Trinajstić information content (AvgIpc) is 4.37. The van der Waals surface area contributed by atoms with Gasteiger partial charge >= 0.3 is 5.97 Å². The molecule has 0 spiro atoms. The van der Waals surface area contributed by atoms with Crippen molar-refractivity contribution in [3.8, 4) is 34.5 Å². The number of hydrogen-bond donors (Lipinski definition) is 6. The number of phenols is 2. The van der Waals surface area contributed by atoms with E-state index in [0.717, 1.165) is 13.2 Å². The van der Waals surface area contributed by atoms with Crippen LogP contribution >= 0.6 is 0 Å². The Hall–Kier alpha value is -6.81. The minimum absolute atomic E-state index is 0.0424. The number of rotatable bonds is 24. The zero-order valence-corrected chi connectivity index (χ0v) is 44.6. The van der Waals surface area contributed by atoms with Gasteiger partial charge in [0.15, 0.2) is 0 Å². The third-order valence-corrected chi connectivity index (χ3v) is 10.4. The molecule has 0 radical (unpaired) electrons. The SMILES string of the molecule is CC(=O)CC[C@H](O)COc1ccc(F)cc1.CC(O)CC[C@H](O)COc1ccc(F)cc1.CCOC(=O)C(C[C@H](O)COc1ccc(O)cc1)C(C)=O.CC[C@@H]1CO1.Fc1ccc(OC[C@@H]2CO2)cc1.Oc1ccc(F)cc1. The molecule has 16 nitrogen and oxygen atoms in total. The van der Waals surface area contributed by atoms with E-state index in [1.807, 2.05) is 0 Å². The van der Waals surface area contributed by atoms with E-state index in [-0.39, 0.29) is 85.3 Å². The standard InChI is InChI=1S/C15H20O6.C12H17FO3.C12H15FO3.C9H9FO2.C6H5FO.C4H8O/c1-3-20-15(19)14(10(2)16)8-12(18)9-21-13-6-4-11(17)5-7-13;2*1-9(14)2-5-11(15)8-16-12-6-3-10(13)4-7-12;10-7-1-3-8(4-2-7)11-5-9-6-12-9;7-5-1-3-6(8)4-2-5;1-2-4-3-5-4/h4-7,12,14,17-18H,3,8-9H2,1-2H3;3-4,6-7,9,11,14-15H,2,5,8H2,1H3;3-4,6-7,11,15H,2,5,8H2,1H3;1-4,9H,5-6H2;1-4,8H;4H,2-3H2,1H3/t12-,14?;9?,11-;11-;9-;;4-/m0001.1/s1. The van der Waals surface area contributed by atoms with Gasteiger partial charge in [-0.25, -0.2) is 17.6 Å². The van der Waals surface area contributed by atoms with Gasteiger partial charge in [-0.15, -0.1) is 0 Å². The summed E-state index contributed by atoms with van der Waals surface area (Å²) in [6.45, 7) is 11.0. The number of esters is 1. The van der Waals surface area contributed by atoms with Crippen LogP contribution in [0.1, 0.15) is 73.1 Å². The topological polar surface area (TPSA) is 244 Å². The fraction of sp³-hybridized carbons (Fsp3) is 0.431. The van der Waals surface area contributed by atoms with Crippen molar-refractivity contribution in [2.24, 2.45) is 5.92 Å². The number of hydrogen-bond acceptors (Lipinski definition) is 16. The Bertz CT molecular complexity index is 2350. The van der Waals surface area contributed by atoms with Crippen LogP contribution < -0.4 is 18.9 Å². The molecule has 0 amide bonds. The molecule has 2 aliphatic rings. The molecule has 0 saturated carbocycles. The highest BCUT2D eigenvalue weighted by Gasteiger charge is 2.28. The van der Waals surface area contributed by atoms with Gasteiger partial charge < -0.3 is 68.6 Å². The Morgan fingerprint density at radius 3 is 1.23 bits per heavy atom. The van der Waals surface area contributed by atoms with E-state index in [9.17, 15) is 47.3 Å². The molecule has 430 valence electrons. The van der Waals surface area contributed by atoms with Gasteiger partial charge in [0.05, 0.1) is 50.3 Å². The maximum atomic E-state index is 12.6. The third-order valence-electron chi connectivity index (χ3n) is 10.4. The fourth-order valence-corrected chi connectivity index (χ4v) is 5.79. The van der Waals surface area contributed by atoms with Gasteiger partial charge in [0.25, 0.3) is 0 Å². The zero-order valence-electron chi connectivity index (χ0n) is 44.6. The highest BCUT2D eigenvalue weighted by Crippen LogP contribution is 2.19. The van der Waals surface area contributed by atoms with Gasteiger partial charge in [0, 0.05) is 6.42 Å². The van der Waals surface area contributed by atoms with Crippen molar-refractivity contribution in [3.63, 3.8) is 0 Å². The molecule has 2 heterocycles. The van der Waals surface area contributed by atoms with Crippen molar-refractivity contribution in [2.45, 2.75) is 110 Å². The average molecular weight is 1100 g/mol. The number of epoxide rings is 2. The highest BCUT2D eigenvalue weighted by molar-refractivity contribution is 5.97. The zero-order chi connectivity index (χ0) is 57.8. The van der Waals surface area contributed by atoms with Crippen molar-refractivity contribution in [3.05, 3.63) is 145 Å². The molecule has 6 N–H and O–H groups in total. The molecule has 0 aliphatic carbocycles. The van der Waals surface area contributed by atoms with Crippen molar-refractivity contribution in [2.75, 3.05) is 46.2 Å². The summed E-state index contributed by atoms with van der Waals surface area (Å²) in [5.41, 5.74) is 0. The van der Waals surface area contributed by atoms with Gasteiger partial charge in [-0.2, -0.15) is 0 Å². The second-order valence-electron chi connectivity index (χ2n) is 17.7. The molecule has 7 rings (SSSR count). The lowest BCUT2D eigenvalue weighted by molar-refractivity contribution is -0.152. The number of ether oxygens (including phenoxy) is 7. The fourth-order valence-electron chi connectivity index (χ4n) is 5.79. The maximum Gasteiger partial charge on any atom is 0.316 e. The second-order valence-corrected chi connectivity index (χ2v) is 17.7. The summed E-state index contributed by atoms with van der Waals surface area (Å²) in [6.07, 6.45) is 1.10. The molecule has 2 saturated heterocycles. The van der Waals surface area contributed by atoms with E-state index >= 15 is 0 Å². The smallest absolute Gasteiger partial charge is 0.316 e. The Balaban J connectivity index is 0.000000333. The molecule has 20 heteroatoms. The van der Waals surface area contributed by atoms with Crippen LogP contribution in [-0.4, -0.2) is 131 Å². The Morgan fingerprint density at radius 1 is 0.538 bits per heavy atom. The maximum absolute atomic E-state index is 12.6. The number of Topliss-reactive ketones (excluding diaryl/α,β-unsaturated/α-hetero) is 2. The lowest BCUT2D eigenvalue weighted by Gasteiger charge is -2.17. The molecule has 0 bridgehead atoms. The first-order chi connectivity index (χ1) is 37.1. The van der Waals surface area contributed by atoms with Crippen molar-refractivity contribution in [1.82, 2.24) is 0 Å². The Labute approximate surface area is 453 Å². The summed E-state index contributed by atoms with van der Waals surface area (Å²) in [7, 11) is 0. The minimum atomic E-state index is -0.983. The first-order valence-corrected chi connectivity index (χ1v) is 25.3. The van der Waals surface area contributed by atoms with E-state index in [0.29, 0.717) is 61.4 Å². The number of benzene rings is 5. The van der Waals surface area contributed by atoms with E-state index in [1.165, 1.54) is 117 Å². The van der Waals surface area contributed by atoms with E-state index in [4.69, 9.17) is 48.5 Å². The van der Waals surface area contributed by atoms with Crippen molar-refractivity contribution < 1.29 is 95.7 Å². The summed E-state index contributed by atoms with van der Waals surface area (Å²) < 4.78 is 85.2. The number of aliphatic hydroxyl groups excluding tert-OH is 4. The molecular weight excluding hydrogens is 1030 g/mol. The minimum Gasteiger partial charge on any atom is -0.508 e. The Morgan fingerprint density at radius 2 is 0.897 bits per heavy atom. The number of carbonyl (C=O) groups excluding carboxylic acids is 3. The van der Waals surface area contributed by atoms with Crippen LogP contribution in [0, 0.1) is 29.2 Å². The summed E-state index contributed by atoms with van der Waals surface area (Å²) in [4.78, 5) is 33.7. The van der Waals surface area contributed by atoms with Gasteiger partial charge in [0.2, 0.25) is 0 Å². The lowest BCUT2D eigenvalue weighted by Crippen LogP contribution is -2.31. The van der Waals surface area contributed by atoms with Crippen LogP contribution in [0.5, 0.6) is 34.5 Å². The number of aliphatic hydroxyl groups is 4. The summed E-state index contributed by atoms with van der Waals surface area (Å²) in [5.74, 6) is -0.752. The van der Waals surface area contributed by atoms with E-state index < -0.39 is 36.3 Å². The lowest BCUT2D eigenvalue weighted by atomic mass is 9.98. The molecule has 5 aromatic carbocycles. The summed E-state index contributed by atoms with van der Waals surface area (Å²) in [5, 5.41) is 55.6. The third kappa shape index (κ3) is 34.8. The monoisotopic (exact) mass is 1100 g/mol. The van der Waals surface area contributed by atoms with E-state index in [2.05, 4.69) is 6.92 Å². The van der Waals surface area contributed by atoms with Crippen LogP contribution in [0.25, 0.3) is 0 Å². The van der Waals surface area contributed by atoms with Gasteiger partial charge in [0.1, 0.15) is 108 Å². The molecule has 7 atom stereocenters. The molecule has 5 aromatic rings. The number of ketones is 2. The van der Waals surface area contributed by atoms with Crippen LogP contribution in [0.2, 0.25) is 0 Å². The normalized spacial score (nSPS) is 15.3. The molecular formula is C58H74F4O16. The second kappa shape index (κ2) is 38.7. The Kier molecular flexibility index (Phi) is 33.4. The number of phenolic OH excluding ortho intramolecular Hbond substituents is 2. The van der Waals surface area contributed by atoms with E-state index in [1.54, 1.807) is 38.1 Å². The molecule has 0 aromatic heterocycles. The number of aromatic hydroxyl groups is 2. The molecule has 2 aliphatic heterocycles. The van der Waals surface area contributed by atoms with Gasteiger partial charge in [-0.1, -0.05) is 6.92 Å². The van der Waals surface area contributed by atoms with Crippen LogP contribution in [-0.2, 0) is 28.6 Å². The quantitative estimate of drug-likeness (QED) is 0.0146. The van der Waals surface area contributed by atoms with Gasteiger partial charge in [-0.05, 0) is 181 Å². The number of halogens is 4. The summed E-state index contributed by atoms with van der Waals surface area (Å²) >= 11 is 0. The largest absolute Gasteiger partial charge is 0.508 e. The molecule has 2 fully saturated rings. The van der Waals surface area contributed by atoms with Crippen molar-refractivity contribution >= 4 is 17.5 Å². The van der Waals surface area contributed by atoms with Gasteiger partial charge in [-0.3, -0.25) is 9.59 Å². The predicted octanol–water partition coefficient (Wildman–Crippen LogP) is 8.88. The van der Waals surface area contributed by atoms with Crippen LogP contribution in [0.3, 0.4) is 0 Å². The first kappa shape index (κ1) is 67.3.